The molecule has 0 unspecified atom stereocenters. The quantitative estimate of drug-likeness (QED) is 0.161. The molecule has 10 heteroatoms. The van der Waals surface area contributed by atoms with Crippen LogP contribution in [0.15, 0.2) is 89.3 Å². The van der Waals surface area contributed by atoms with Crippen molar-refractivity contribution < 1.29 is 26.8 Å². The van der Waals surface area contributed by atoms with Crippen LogP contribution in [0.1, 0.15) is 45.8 Å². The summed E-state index contributed by atoms with van der Waals surface area (Å²) >= 11 is 6.54. The molecular formula is C33H28ClFN2O5S. The fourth-order valence-corrected chi connectivity index (χ4v) is 6.03. The van der Waals surface area contributed by atoms with Gasteiger partial charge in [0.1, 0.15) is 29.5 Å². The van der Waals surface area contributed by atoms with E-state index >= 15 is 0 Å². The molecule has 1 heterocycles. The van der Waals surface area contributed by atoms with Crippen LogP contribution in [0.3, 0.4) is 0 Å². The lowest BCUT2D eigenvalue weighted by Crippen LogP contribution is -2.22. The number of fused-ring (bicyclic) bond motifs is 1. The van der Waals surface area contributed by atoms with E-state index in [1.54, 1.807) is 36.4 Å². The van der Waals surface area contributed by atoms with Gasteiger partial charge in [-0.25, -0.2) is 12.8 Å². The van der Waals surface area contributed by atoms with Gasteiger partial charge in [0.05, 0.1) is 22.8 Å². The molecule has 1 aromatic heterocycles. The minimum absolute atomic E-state index is 0.0381. The number of carbonyl (C=O) groups excluding carboxylic acids is 1. The average Bonchev–Trinajstić information content (AvgIpc) is 3.79. The van der Waals surface area contributed by atoms with E-state index in [-0.39, 0.29) is 24.1 Å². The van der Waals surface area contributed by atoms with Gasteiger partial charge in [0.15, 0.2) is 0 Å². The van der Waals surface area contributed by atoms with Crippen molar-refractivity contribution in [2.45, 2.75) is 31.9 Å². The Morgan fingerprint density at radius 3 is 2.42 bits per heavy atom. The van der Waals surface area contributed by atoms with Gasteiger partial charge >= 0.3 is 0 Å². The predicted octanol–water partition coefficient (Wildman–Crippen LogP) is 7.24. The van der Waals surface area contributed by atoms with E-state index in [1.807, 2.05) is 36.4 Å². The molecule has 4 aromatic carbocycles. The van der Waals surface area contributed by atoms with Crippen molar-refractivity contribution >= 4 is 45.1 Å². The van der Waals surface area contributed by atoms with Crippen molar-refractivity contribution in [1.29, 1.82) is 0 Å². The molecule has 220 valence electrons. The van der Waals surface area contributed by atoms with Crippen molar-refractivity contribution in [2.75, 3.05) is 11.4 Å². The number of hydrogen-bond acceptors (Lipinski definition) is 5. The smallest absolute Gasteiger partial charge is 0.255 e. The highest BCUT2D eigenvalue weighted by Crippen LogP contribution is 2.48. The average molecular weight is 619 g/mol. The number of rotatable bonds is 10. The highest BCUT2D eigenvalue weighted by molar-refractivity contribution is 7.74. The van der Waals surface area contributed by atoms with Gasteiger partial charge in [-0.3, -0.25) is 9.10 Å². The third-order valence-electron chi connectivity index (χ3n) is 7.46. The first kappa shape index (κ1) is 28.8. The Labute approximate surface area is 254 Å². The number of amides is 1. The Bertz CT molecular complexity index is 1880. The molecule has 6 rings (SSSR count). The minimum atomic E-state index is -3.05. The van der Waals surface area contributed by atoms with E-state index in [1.165, 1.54) is 23.5 Å². The van der Waals surface area contributed by atoms with Gasteiger partial charge in [0.25, 0.3) is 5.91 Å². The zero-order valence-corrected chi connectivity index (χ0v) is 24.8. The number of hydrogen-bond donors (Lipinski definition) is 2. The van der Waals surface area contributed by atoms with Crippen LogP contribution in [-0.2, 0) is 24.0 Å². The number of carbonyl (C=O) groups is 1. The summed E-state index contributed by atoms with van der Waals surface area (Å²) in [5.41, 5.74) is 4.17. The number of benzene rings is 4. The van der Waals surface area contributed by atoms with Gasteiger partial charge in [0, 0.05) is 24.1 Å². The van der Waals surface area contributed by atoms with Gasteiger partial charge in [-0.2, -0.15) is 0 Å². The van der Waals surface area contributed by atoms with E-state index < -0.39 is 16.7 Å². The molecule has 0 spiro atoms. The van der Waals surface area contributed by atoms with Gasteiger partial charge in [-0.1, -0.05) is 48.0 Å². The molecule has 0 saturated heterocycles. The normalized spacial score (nSPS) is 12.9. The summed E-state index contributed by atoms with van der Waals surface area (Å²) in [4.78, 5) is 13.0. The van der Waals surface area contributed by atoms with Crippen LogP contribution in [-0.4, -0.2) is 21.4 Å². The van der Waals surface area contributed by atoms with Crippen LogP contribution in [0.5, 0.6) is 5.75 Å². The molecule has 0 radical (unpaired) electrons. The van der Waals surface area contributed by atoms with Crippen molar-refractivity contribution in [3.63, 3.8) is 0 Å². The number of anilines is 1. The molecule has 0 atom stereocenters. The number of halogens is 2. The Morgan fingerprint density at radius 2 is 1.77 bits per heavy atom. The Morgan fingerprint density at radius 1 is 1.02 bits per heavy atom. The van der Waals surface area contributed by atoms with Crippen LogP contribution in [0, 0.1) is 5.82 Å². The molecule has 1 fully saturated rings. The maximum atomic E-state index is 13.6. The van der Waals surface area contributed by atoms with Crippen LogP contribution >= 0.6 is 11.6 Å². The van der Waals surface area contributed by atoms with Crippen molar-refractivity contribution in [1.82, 2.24) is 5.32 Å². The topological polar surface area (TPSA) is 88.8 Å². The summed E-state index contributed by atoms with van der Waals surface area (Å²) in [6.45, 7) is 0.390. The van der Waals surface area contributed by atoms with Crippen LogP contribution in [0.2, 0.25) is 5.02 Å². The third-order valence-corrected chi connectivity index (χ3v) is 8.50. The molecule has 1 amide bonds. The van der Waals surface area contributed by atoms with Gasteiger partial charge in [0.2, 0.25) is 10.9 Å². The molecule has 7 nitrogen and oxygen atoms in total. The fraction of sp³-hybridized carbons (Fsp3) is 0.182. The zero-order chi connectivity index (χ0) is 30.1. The van der Waals surface area contributed by atoms with Crippen LogP contribution < -0.4 is 14.4 Å². The molecule has 1 N–H and O–H groups in total. The van der Waals surface area contributed by atoms with Crippen molar-refractivity contribution in [3.05, 3.63) is 118 Å². The fourth-order valence-electron chi connectivity index (χ4n) is 5.15. The predicted molar refractivity (Wildman–Crippen MR) is 166 cm³/mol. The summed E-state index contributed by atoms with van der Waals surface area (Å²) in [6, 6.07) is 24.1. The first-order valence-corrected chi connectivity index (χ1v) is 15.3. The first-order chi connectivity index (χ1) is 20.8. The SMILES string of the molecule is CNC(=O)c1c(-c2ccc(F)cc2)oc2cc(N(Cc3ccc(OCc4ccccc4)c(Cl)c3)[SH](=O)=O)c(C3CC3)cc12. The van der Waals surface area contributed by atoms with Gasteiger partial charge in [-0.05, 0) is 77.9 Å². The standard InChI is InChI=1S/C33H28ClFN2O5S/c1-36-33(38)31-26-16-25(22-8-9-22)28(17-30(26)42-32(31)23-10-12-24(35)13-11-23)37(43(39)40)18-21-7-14-29(27(34)15-21)41-19-20-5-3-2-4-6-20/h2-7,10-17,22,43H,8-9,18-19H2,1H3,(H,36,38). The highest BCUT2D eigenvalue weighted by atomic mass is 35.5. The molecular weight excluding hydrogens is 591 g/mol. The maximum absolute atomic E-state index is 13.6. The van der Waals surface area contributed by atoms with E-state index in [2.05, 4.69) is 5.32 Å². The lowest BCUT2D eigenvalue weighted by atomic mass is 10.00. The summed E-state index contributed by atoms with van der Waals surface area (Å²) < 4.78 is 52.4. The maximum Gasteiger partial charge on any atom is 0.255 e. The van der Waals surface area contributed by atoms with Crippen molar-refractivity contribution in [2.24, 2.45) is 0 Å². The Hall–Kier alpha value is -4.34. The summed E-state index contributed by atoms with van der Waals surface area (Å²) in [5.74, 6) is 0.159. The monoisotopic (exact) mass is 618 g/mol. The number of ether oxygens (including phenoxy) is 1. The van der Waals surface area contributed by atoms with Crippen LogP contribution in [0.4, 0.5) is 10.1 Å². The molecule has 1 saturated carbocycles. The summed E-state index contributed by atoms with van der Waals surface area (Å²) in [5, 5.41) is 3.59. The van der Waals surface area contributed by atoms with E-state index in [0.717, 1.165) is 24.0 Å². The molecule has 1 aliphatic carbocycles. The van der Waals surface area contributed by atoms with Gasteiger partial charge < -0.3 is 14.5 Å². The number of furan rings is 1. The number of nitrogens with zero attached hydrogens (tertiary/aromatic N) is 1. The lowest BCUT2D eigenvalue weighted by Gasteiger charge is -2.22. The van der Waals surface area contributed by atoms with Gasteiger partial charge in [-0.15, -0.1) is 0 Å². The zero-order valence-electron chi connectivity index (χ0n) is 23.2. The molecule has 1 aliphatic rings. The molecule has 0 aliphatic heterocycles. The number of nitrogens with one attached hydrogen (secondary N) is 1. The second kappa shape index (κ2) is 12.1. The molecule has 0 bridgehead atoms. The Balaban J connectivity index is 1.37. The molecule has 5 aromatic rings. The summed E-state index contributed by atoms with van der Waals surface area (Å²) in [6.07, 6.45) is 1.80. The largest absolute Gasteiger partial charge is 0.487 e. The highest BCUT2D eigenvalue weighted by Gasteiger charge is 2.32. The number of thiol groups is 1. The van der Waals surface area contributed by atoms with E-state index in [4.69, 9.17) is 20.8 Å². The Kier molecular flexibility index (Phi) is 8.10. The van der Waals surface area contributed by atoms with E-state index in [0.29, 0.717) is 50.7 Å². The van der Waals surface area contributed by atoms with E-state index in [9.17, 15) is 17.6 Å². The second-order valence-electron chi connectivity index (χ2n) is 10.4. The summed E-state index contributed by atoms with van der Waals surface area (Å²) in [7, 11) is -1.53. The van der Waals surface area contributed by atoms with Crippen molar-refractivity contribution in [3.8, 4) is 17.1 Å². The third kappa shape index (κ3) is 6.09. The second-order valence-corrected chi connectivity index (χ2v) is 11.8. The van der Waals surface area contributed by atoms with Crippen LogP contribution in [0.25, 0.3) is 22.3 Å². The lowest BCUT2D eigenvalue weighted by molar-refractivity contribution is 0.0964. The molecule has 43 heavy (non-hydrogen) atoms. The minimum Gasteiger partial charge on any atom is -0.487 e. The first-order valence-electron chi connectivity index (χ1n) is 13.8.